The number of rotatable bonds is 2. The molecule has 0 aromatic rings. The van der Waals surface area contributed by atoms with Gasteiger partial charge >= 0.3 is 0 Å². The molecule has 0 amide bonds. The number of ether oxygens (including phenoxy) is 2. The summed E-state index contributed by atoms with van der Waals surface area (Å²) in [5.41, 5.74) is 0. The topological polar surface area (TPSA) is 79.2 Å². The summed E-state index contributed by atoms with van der Waals surface area (Å²) < 4.78 is 9.94. The molecule has 1 saturated heterocycles. The molecule has 3 N–H and O–H groups in total. The molecule has 5 heteroatoms. The minimum absolute atomic E-state index is 0.321. The van der Waals surface area contributed by atoms with Gasteiger partial charge in [-0.25, -0.2) is 0 Å². The fraction of sp³-hybridized carbons (Fsp3) is 1.00. The molecule has 0 radical (unpaired) electrons. The number of hydrogen-bond donors (Lipinski definition) is 3. The van der Waals surface area contributed by atoms with Crippen LogP contribution in [0.15, 0.2) is 0 Å². The van der Waals surface area contributed by atoms with E-state index in [2.05, 4.69) is 0 Å². The molecule has 0 saturated carbocycles. The molecule has 5 nitrogen and oxygen atoms in total. The van der Waals surface area contributed by atoms with Crippen molar-refractivity contribution in [3.63, 3.8) is 0 Å². The van der Waals surface area contributed by atoms with Crippen LogP contribution in [0, 0.1) is 0 Å². The highest BCUT2D eigenvalue weighted by Gasteiger charge is 2.36. The Balaban J connectivity index is 2.52. The quantitative estimate of drug-likeness (QED) is 0.495. The Labute approximate surface area is 70.5 Å². The van der Waals surface area contributed by atoms with E-state index in [1.165, 1.54) is 0 Å². The summed E-state index contributed by atoms with van der Waals surface area (Å²) in [5, 5.41) is 27.0. The molecule has 1 aliphatic rings. The zero-order valence-corrected chi connectivity index (χ0v) is 6.88. The van der Waals surface area contributed by atoms with Crippen molar-refractivity contribution >= 4 is 0 Å². The Kier molecular flexibility index (Phi) is 3.42. The maximum Gasteiger partial charge on any atom is 0.186 e. The Morgan fingerprint density at radius 3 is 2.42 bits per heavy atom. The van der Waals surface area contributed by atoms with E-state index in [0.29, 0.717) is 6.42 Å². The van der Waals surface area contributed by atoms with Gasteiger partial charge in [-0.2, -0.15) is 0 Å². The summed E-state index contributed by atoms with van der Waals surface area (Å²) in [6, 6.07) is 0. The van der Waals surface area contributed by atoms with Gasteiger partial charge < -0.3 is 24.8 Å². The molecule has 0 bridgehead atoms. The first kappa shape index (κ1) is 9.88. The Morgan fingerprint density at radius 2 is 1.92 bits per heavy atom. The van der Waals surface area contributed by atoms with Gasteiger partial charge in [-0.3, -0.25) is 0 Å². The van der Waals surface area contributed by atoms with Crippen LogP contribution in [0.4, 0.5) is 0 Å². The maximum atomic E-state index is 9.19. The van der Waals surface area contributed by atoms with Crippen molar-refractivity contribution in [3.8, 4) is 0 Å². The Morgan fingerprint density at radius 1 is 1.25 bits per heavy atom. The van der Waals surface area contributed by atoms with Crippen molar-refractivity contribution in [3.05, 3.63) is 0 Å². The van der Waals surface area contributed by atoms with Gasteiger partial charge in [0.25, 0.3) is 0 Å². The largest absolute Gasteiger partial charge is 0.394 e. The summed E-state index contributed by atoms with van der Waals surface area (Å²) in [4.78, 5) is 0. The number of aliphatic hydroxyl groups is 3. The van der Waals surface area contributed by atoms with E-state index in [4.69, 9.17) is 19.7 Å². The van der Waals surface area contributed by atoms with Crippen LogP contribution in [0.3, 0.4) is 0 Å². The van der Waals surface area contributed by atoms with Crippen LogP contribution >= 0.6 is 0 Å². The van der Waals surface area contributed by atoms with Gasteiger partial charge in [0.1, 0.15) is 12.2 Å². The maximum absolute atomic E-state index is 9.19. The standard InChI is InChI=1S/C7H14O5/c1-2-5-11-4(3-8)6(9)7(10)12-5/h4-10H,2-3H2,1H3. The highest BCUT2D eigenvalue weighted by Crippen LogP contribution is 2.18. The third-order valence-corrected chi connectivity index (χ3v) is 1.80. The fourth-order valence-corrected chi connectivity index (χ4v) is 1.07. The third-order valence-electron chi connectivity index (χ3n) is 1.80. The fourth-order valence-electron chi connectivity index (χ4n) is 1.07. The molecule has 0 aromatic carbocycles. The van der Waals surface area contributed by atoms with Crippen molar-refractivity contribution < 1.29 is 24.8 Å². The molecular weight excluding hydrogens is 164 g/mol. The van der Waals surface area contributed by atoms with Crippen LogP contribution in [0.1, 0.15) is 13.3 Å². The molecule has 72 valence electrons. The molecular formula is C7H14O5. The van der Waals surface area contributed by atoms with Crippen LogP contribution in [-0.2, 0) is 9.47 Å². The van der Waals surface area contributed by atoms with Gasteiger partial charge in [0.2, 0.25) is 0 Å². The lowest BCUT2D eigenvalue weighted by atomic mass is 10.2. The normalized spacial score (nSPS) is 43.0. The molecule has 1 rings (SSSR count). The number of hydrogen-bond acceptors (Lipinski definition) is 5. The first-order valence-corrected chi connectivity index (χ1v) is 3.97. The van der Waals surface area contributed by atoms with Crippen LogP contribution < -0.4 is 0 Å². The van der Waals surface area contributed by atoms with Crippen LogP contribution in [-0.4, -0.2) is 46.7 Å². The Hall–Kier alpha value is -0.200. The SMILES string of the molecule is CCC1OC(O)C(O)C(CO)O1. The van der Waals surface area contributed by atoms with Gasteiger partial charge in [-0.05, 0) is 6.42 Å². The van der Waals surface area contributed by atoms with Crippen molar-refractivity contribution in [1.29, 1.82) is 0 Å². The summed E-state index contributed by atoms with van der Waals surface area (Å²) in [7, 11) is 0. The van der Waals surface area contributed by atoms with Crippen LogP contribution in [0.25, 0.3) is 0 Å². The van der Waals surface area contributed by atoms with Gasteiger partial charge in [-0.15, -0.1) is 0 Å². The summed E-state index contributed by atoms with van der Waals surface area (Å²) >= 11 is 0. The van der Waals surface area contributed by atoms with Crippen molar-refractivity contribution in [2.24, 2.45) is 0 Å². The van der Waals surface area contributed by atoms with Gasteiger partial charge in [-0.1, -0.05) is 6.92 Å². The van der Waals surface area contributed by atoms with Crippen LogP contribution in [0.5, 0.6) is 0 Å². The lowest BCUT2D eigenvalue weighted by Gasteiger charge is -2.35. The second kappa shape index (κ2) is 4.15. The molecule has 1 fully saturated rings. The zero-order valence-electron chi connectivity index (χ0n) is 6.88. The van der Waals surface area contributed by atoms with Gasteiger partial charge in [0.05, 0.1) is 6.61 Å². The third kappa shape index (κ3) is 1.94. The average molecular weight is 178 g/mol. The molecule has 0 aliphatic carbocycles. The summed E-state index contributed by atoms with van der Waals surface area (Å²) in [6.45, 7) is 1.50. The first-order chi connectivity index (χ1) is 5.69. The van der Waals surface area contributed by atoms with Crippen LogP contribution in [0.2, 0.25) is 0 Å². The Bertz CT molecular complexity index is 140. The second-order valence-electron chi connectivity index (χ2n) is 2.71. The highest BCUT2D eigenvalue weighted by molar-refractivity contribution is 4.75. The molecule has 0 aromatic heterocycles. The lowest BCUT2D eigenvalue weighted by Crippen LogP contribution is -2.51. The smallest absolute Gasteiger partial charge is 0.186 e. The lowest BCUT2D eigenvalue weighted by molar-refractivity contribution is -0.337. The second-order valence-corrected chi connectivity index (χ2v) is 2.71. The van der Waals surface area contributed by atoms with E-state index < -0.39 is 24.8 Å². The molecule has 4 atom stereocenters. The van der Waals surface area contributed by atoms with Crippen molar-refractivity contribution in [2.45, 2.75) is 38.1 Å². The van der Waals surface area contributed by atoms with Gasteiger partial charge in [0, 0.05) is 0 Å². The van der Waals surface area contributed by atoms with E-state index in [9.17, 15) is 5.11 Å². The minimum atomic E-state index is -1.26. The molecule has 1 heterocycles. The average Bonchev–Trinajstić information content (AvgIpc) is 2.09. The molecule has 0 spiro atoms. The van der Waals surface area contributed by atoms with E-state index in [1.54, 1.807) is 0 Å². The highest BCUT2D eigenvalue weighted by atomic mass is 16.8. The molecule has 12 heavy (non-hydrogen) atoms. The van der Waals surface area contributed by atoms with E-state index in [0.717, 1.165) is 0 Å². The van der Waals surface area contributed by atoms with Gasteiger partial charge in [0.15, 0.2) is 12.6 Å². The minimum Gasteiger partial charge on any atom is -0.394 e. The predicted molar refractivity (Wildman–Crippen MR) is 39.1 cm³/mol. The van der Waals surface area contributed by atoms with E-state index in [-0.39, 0.29) is 6.61 Å². The summed E-state index contributed by atoms with van der Waals surface area (Å²) in [6.07, 6.45) is -3.15. The van der Waals surface area contributed by atoms with Crippen molar-refractivity contribution in [1.82, 2.24) is 0 Å². The van der Waals surface area contributed by atoms with Crippen molar-refractivity contribution in [2.75, 3.05) is 6.61 Å². The molecule has 1 aliphatic heterocycles. The van der Waals surface area contributed by atoms with E-state index in [1.807, 2.05) is 6.92 Å². The monoisotopic (exact) mass is 178 g/mol. The number of aliphatic hydroxyl groups excluding tert-OH is 3. The predicted octanol–water partition coefficient (Wildman–Crippen LogP) is -1.19. The first-order valence-electron chi connectivity index (χ1n) is 3.97. The molecule has 4 unspecified atom stereocenters. The summed E-state index contributed by atoms with van der Waals surface area (Å²) in [5.74, 6) is 0. The van der Waals surface area contributed by atoms with E-state index >= 15 is 0 Å². The zero-order chi connectivity index (χ0) is 9.14.